The lowest BCUT2D eigenvalue weighted by atomic mass is 10.0. The molecule has 0 spiro atoms. The molecule has 0 radical (unpaired) electrons. The topological polar surface area (TPSA) is 67.2 Å². The number of nitrogens with zero attached hydrogens (tertiary/aromatic N) is 2. The summed E-state index contributed by atoms with van der Waals surface area (Å²) in [6.45, 7) is 0.625. The molecule has 5 nitrogen and oxygen atoms in total. The van der Waals surface area contributed by atoms with Crippen LogP contribution in [-0.2, 0) is 6.54 Å². The van der Waals surface area contributed by atoms with E-state index in [-0.39, 0.29) is 18.6 Å². The number of aliphatic hydroxyl groups excluding tert-OH is 1. The molecule has 0 fully saturated rings. The summed E-state index contributed by atoms with van der Waals surface area (Å²) in [6, 6.07) is 19.4. The average Bonchev–Trinajstić information content (AvgIpc) is 3.11. The third kappa shape index (κ3) is 4.55. The van der Waals surface area contributed by atoms with Crippen LogP contribution in [0.4, 0.5) is 0 Å². The fourth-order valence-electron chi connectivity index (χ4n) is 2.72. The molecule has 0 aliphatic carbocycles. The van der Waals surface area contributed by atoms with Crippen LogP contribution in [-0.4, -0.2) is 27.4 Å². The van der Waals surface area contributed by atoms with Crippen molar-refractivity contribution in [3.8, 4) is 0 Å². The van der Waals surface area contributed by atoms with E-state index in [0.717, 1.165) is 11.1 Å². The van der Waals surface area contributed by atoms with Crippen LogP contribution in [0.15, 0.2) is 73.1 Å². The summed E-state index contributed by atoms with van der Waals surface area (Å²) in [4.78, 5) is 12.5. The van der Waals surface area contributed by atoms with Crippen LogP contribution in [0, 0.1) is 0 Å². The van der Waals surface area contributed by atoms with Gasteiger partial charge in [-0.15, -0.1) is 0 Å². The van der Waals surface area contributed by atoms with Gasteiger partial charge in [0.2, 0.25) is 0 Å². The summed E-state index contributed by atoms with van der Waals surface area (Å²) >= 11 is 0. The molecule has 2 N–H and O–H groups in total. The minimum Gasteiger partial charge on any atom is -0.396 e. The van der Waals surface area contributed by atoms with Crippen LogP contribution in [0.1, 0.15) is 33.9 Å². The molecule has 1 amide bonds. The number of carbonyl (C=O) groups is 1. The van der Waals surface area contributed by atoms with Gasteiger partial charge in [-0.25, -0.2) is 0 Å². The van der Waals surface area contributed by atoms with E-state index in [1.165, 1.54) is 0 Å². The van der Waals surface area contributed by atoms with Crippen LogP contribution < -0.4 is 5.32 Å². The number of nitrogens with one attached hydrogen (secondary N) is 1. The Morgan fingerprint density at radius 2 is 1.76 bits per heavy atom. The number of aliphatic hydroxyl groups is 1. The standard InChI is InChI=1S/C20H21N3O2/c24-12-11-19(17-9-5-2-6-10-17)22-20(25)18-13-21-23(15-18)14-16-7-3-1-4-8-16/h1-10,13,15,19,24H,11-12,14H2,(H,22,25). The highest BCUT2D eigenvalue weighted by atomic mass is 16.3. The largest absolute Gasteiger partial charge is 0.396 e. The third-order valence-corrected chi connectivity index (χ3v) is 4.01. The van der Waals surface area contributed by atoms with E-state index < -0.39 is 0 Å². The molecular weight excluding hydrogens is 314 g/mol. The van der Waals surface area contributed by atoms with Crippen molar-refractivity contribution in [2.24, 2.45) is 0 Å². The molecule has 1 heterocycles. The Balaban J connectivity index is 1.68. The molecule has 0 aliphatic rings. The van der Waals surface area contributed by atoms with E-state index in [9.17, 15) is 9.90 Å². The van der Waals surface area contributed by atoms with Crippen molar-refractivity contribution in [1.82, 2.24) is 15.1 Å². The summed E-state index contributed by atoms with van der Waals surface area (Å²) in [5.74, 6) is -0.193. The molecule has 0 saturated carbocycles. The van der Waals surface area contributed by atoms with Gasteiger partial charge in [0.1, 0.15) is 0 Å². The molecule has 1 aromatic heterocycles. The Labute approximate surface area is 146 Å². The molecule has 1 unspecified atom stereocenters. The second-order valence-electron chi connectivity index (χ2n) is 5.86. The van der Waals surface area contributed by atoms with E-state index in [1.54, 1.807) is 17.1 Å². The highest BCUT2D eigenvalue weighted by Gasteiger charge is 2.16. The minimum absolute atomic E-state index is 0.00705. The van der Waals surface area contributed by atoms with Gasteiger partial charge in [0, 0.05) is 12.8 Å². The van der Waals surface area contributed by atoms with Gasteiger partial charge in [-0.3, -0.25) is 9.48 Å². The van der Waals surface area contributed by atoms with Gasteiger partial charge in [0.05, 0.1) is 24.3 Å². The average molecular weight is 335 g/mol. The van der Waals surface area contributed by atoms with Gasteiger partial charge >= 0.3 is 0 Å². The molecule has 2 aromatic carbocycles. The first-order valence-corrected chi connectivity index (χ1v) is 8.29. The van der Waals surface area contributed by atoms with Crippen molar-refractivity contribution in [3.63, 3.8) is 0 Å². The van der Waals surface area contributed by atoms with E-state index >= 15 is 0 Å². The molecule has 3 rings (SSSR count). The van der Waals surface area contributed by atoms with Gasteiger partial charge in [-0.1, -0.05) is 60.7 Å². The number of hydrogen-bond acceptors (Lipinski definition) is 3. The van der Waals surface area contributed by atoms with Gasteiger partial charge in [0.25, 0.3) is 5.91 Å². The molecule has 0 saturated heterocycles. The zero-order valence-electron chi connectivity index (χ0n) is 13.9. The second-order valence-corrected chi connectivity index (χ2v) is 5.86. The van der Waals surface area contributed by atoms with Crippen LogP contribution in [0.5, 0.6) is 0 Å². The molecule has 0 bridgehead atoms. The number of aromatic nitrogens is 2. The Bertz CT molecular complexity index is 800. The van der Waals surface area contributed by atoms with Crippen molar-refractivity contribution in [1.29, 1.82) is 0 Å². The van der Waals surface area contributed by atoms with Gasteiger partial charge in [0.15, 0.2) is 0 Å². The summed E-state index contributed by atoms with van der Waals surface area (Å²) < 4.78 is 1.74. The molecule has 1 atom stereocenters. The molecule has 25 heavy (non-hydrogen) atoms. The maximum atomic E-state index is 12.5. The second kappa shape index (κ2) is 8.26. The summed E-state index contributed by atoms with van der Waals surface area (Å²) in [5.41, 5.74) is 2.61. The fourth-order valence-corrected chi connectivity index (χ4v) is 2.72. The molecular formula is C20H21N3O2. The monoisotopic (exact) mass is 335 g/mol. The maximum absolute atomic E-state index is 12.5. The lowest BCUT2D eigenvalue weighted by molar-refractivity contribution is 0.0930. The normalized spacial score (nSPS) is 11.9. The summed E-state index contributed by atoms with van der Waals surface area (Å²) in [5, 5.41) is 16.5. The Kier molecular flexibility index (Phi) is 5.59. The first-order chi connectivity index (χ1) is 12.3. The summed E-state index contributed by atoms with van der Waals surface area (Å²) in [7, 11) is 0. The quantitative estimate of drug-likeness (QED) is 0.698. The van der Waals surface area contributed by atoms with E-state index in [4.69, 9.17) is 0 Å². The fraction of sp³-hybridized carbons (Fsp3) is 0.200. The van der Waals surface area contributed by atoms with Gasteiger partial charge in [-0.2, -0.15) is 5.10 Å². The molecule has 0 aliphatic heterocycles. The molecule has 3 aromatic rings. The van der Waals surface area contributed by atoms with Crippen LogP contribution in [0.3, 0.4) is 0 Å². The number of amides is 1. The van der Waals surface area contributed by atoms with Gasteiger partial charge in [-0.05, 0) is 17.5 Å². The zero-order valence-corrected chi connectivity index (χ0v) is 13.9. The predicted molar refractivity (Wildman–Crippen MR) is 96.1 cm³/mol. The van der Waals surface area contributed by atoms with Crippen LogP contribution in [0.25, 0.3) is 0 Å². The number of hydrogen-bond donors (Lipinski definition) is 2. The number of benzene rings is 2. The zero-order chi connectivity index (χ0) is 17.5. The molecule has 128 valence electrons. The minimum atomic E-state index is -0.226. The van der Waals surface area contributed by atoms with Crippen molar-refractivity contribution in [2.75, 3.05) is 6.61 Å². The van der Waals surface area contributed by atoms with Gasteiger partial charge < -0.3 is 10.4 Å². The lowest BCUT2D eigenvalue weighted by Crippen LogP contribution is -2.29. The number of carbonyl (C=O) groups excluding carboxylic acids is 1. The van der Waals surface area contributed by atoms with Crippen LogP contribution in [0.2, 0.25) is 0 Å². The highest BCUT2D eigenvalue weighted by molar-refractivity contribution is 5.93. The van der Waals surface area contributed by atoms with Crippen molar-refractivity contribution in [3.05, 3.63) is 89.7 Å². The third-order valence-electron chi connectivity index (χ3n) is 4.01. The lowest BCUT2D eigenvalue weighted by Gasteiger charge is -2.17. The first kappa shape index (κ1) is 16.9. The van der Waals surface area contributed by atoms with E-state index in [1.807, 2.05) is 60.7 Å². The highest BCUT2D eigenvalue weighted by Crippen LogP contribution is 2.17. The van der Waals surface area contributed by atoms with E-state index in [2.05, 4.69) is 10.4 Å². The first-order valence-electron chi connectivity index (χ1n) is 8.29. The van der Waals surface area contributed by atoms with Crippen LogP contribution >= 0.6 is 0 Å². The Morgan fingerprint density at radius 1 is 1.08 bits per heavy atom. The summed E-state index contributed by atoms with van der Waals surface area (Å²) in [6.07, 6.45) is 3.77. The SMILES string of the molecule is O=C(NC(CCO)c1ccccc1)c1cnn(Cc2ccccc2)c1. The van der Waals surface area contributed by atoms with E-state index in [0.29, 0.717) is 18.5 Å². The Morgan fingerprint density at radius 3 is 2.44 bits per heavy atom. The van der Waals surface area contributed by atoms with Crippen molar-refractivity contribution >= 4 is 5.91 Å². The number of rotatable bonds is 7. The molecule has 5 heteroatoms. The smallest absolute Gasteiger partial charge is 0.254 e. The van der Waals surface area contributed by atoms with Crippen molar-refractivity contribution in [2.45, 2.75) is 19.0 Å². The Hall–Kier alpha value is -2.92. The van der Waals surface area contributed by atoms with Crippen molar-refractivity contribution < 1.29 is 9.90 Å². The maximum Gasteiger partial charge on any atom is 0.254 e. The predicted octanol–water partition coefficient (Wildman–Crippen LogP) is 2.78.